The molecule has 0 atom stereocenters. The van der Waals surface area contributed by atoms with E-state index in [0.717, 1.165) is 33.9 Å². The first-order valence-corrected chi connectivity index (χ1v) is 6.12. The Morgan fingerprint density at radius 3 is 2.84 bits per heavy atom. The molecule has 3 N–H and O–H groups in total. The van der Waals surface area contributed by atoms with E-state index < -0.39 is 0 Å². The summed E-state index contributed by atoms with van der Waals surface area (Å²) < 4.78 is 5.20. The number of nitrogens with two attached hydrogens (primary N) is 1. The number of nitrogens with zero attached hydrogens (tertiary/aromatic N) is 1. The van der Waals surface area contributed by atoms with Gasteiger partial charge in [-0.05, 0) is 23.8 Å². The third-order valence-electron chi connectivity index (χ3n) is 3.15. The number of ether oxygens (including phenoxy) is 1. The summed E-state index contributed by atoms with van der Waals surface area (Å²) in [7, 11) is 1.66. The van der Waals surface area contributed by atoms with Crippen LogP contribution in [0, 0.1) is 0 Å². The summed E-state index contributed by atoms with van der Waals surface area (Å²) in [4.78, 5) is 7.86. The van der Waals surface area contributed by atoms with Gasteiger partial charge in [0.2, 0.25) is 0 Å². The van der Waals surface area contributed by atoms with Crippen molar-refractivity contribution in [2.45, 2.75) is 6.42 Å². The van der Waals surface area contributed by atoms with Crippen LogP contribution in [0.1, 0.15) is 11.4 Å². The molecule has 4 nitrogen and oxygen atoms in total. The summed E-state index contributed by atoms with van der Waals surface area (Å²) in [5, 5.41) is 0. The van der Waals surface area contributed by atoms with Gasteiger partial charge in [-0.15, -0.1) is 0 Å². The molecule has 0 aliphatic rings. The fraction of sp³-hybridized carbons (Fsp3) is 0.133. The summed E-state index contributed by atoms with van der Waals surface area (Å²) in [6.45, 7) is 0. The molecule has 0 spiro atoms. The number of aromatic nitrogens is 2. The average molecular weight is 253 g/mol. The highest BCUT2D eigenvalue weighted by molar-refractivity contribution is 5.76. The van der Waals surface area contributed by atoms with Gasteiger partial charge in [0.15, 0.2) is 0 Å². The SMILES string of the molecule is COc1ccc2nc(Cc3ccccc3N)[nH]c2c1. The Labute approximate surface area is 111 Å². The van der Waals surface area contributed by atoms with E-state index in [1.165, 1.54) is 0 Å². The van der Waals surface area contributed by atoms with E-state index in [0.29, 0.717) is 6.42 Å². The fourth-order valence-electron chi connectivity index (χ4n) is 2.13. The van der Waals surface area contributed by atoms with E-state index in [2.05, 4.69) is 9.97 Å². The predicted molar refractivity (Wildman–Crippen MR) is 76.3 cm³/mol. The number of fused-ring (bicyclic) bond motifs is 1. The Morgan fingerprint density at radius 1 is 1.21 bits per heavy atom. The lowest BCUT2D eigenvalue weighted by Gasteiger charge is -2.02. The second-order valence-corrected chi connectivity index (χ2v) is 4.44. The molecular weight excluding hydrogens is 238 g/mol. The molecule has 0 radical (unpaired) electrons. The molecule has 0 saturated carbocycles. The van der Waals surface area contributed by atoms with Crippen LogP contribution in [0.4, 0.5) is 5.69 Å². The minimum absolute atomic E-state index is 0.698. The first-order valence-electron chi connectivity index (χ1n) is 6.12. The monoisotopic (exact) mass is 253 g/mol. The minimum atomic E-state index is 0.698. The second-order valence-electron chi connectivity index (χ2n) is 4.44. The summed E-state index contributed by atoms with van der Waals surface area (Å²) in [6, 6.07) is 13.6. The summed E-state index contributed by atoms with van der Waals surface area (Å²) in [5.41, 5.74) is 9.73. The quantitative estimate of drug-likeness (QED) is 0.705. The van der Waals surface area contributed by atoms with Crippen molar-refractivity contribution in [2.75, 3.05) is 12.8 Å². The van der Waals surface area contributed by atoms with Gasteiger partial charge >= 0.3 is 0 Å². The number of methoxy groups -OCH3 is 1. The van der Waals surface area contributed by atoms with Gasteiger partial charge in [0.05, 0.1) is 18.1 Å². The van der Waals surface area contributed by atoms with Crippen molar-refractivity contribution in [2.24, 2.45) is 0 Å². The van der Waals surface area contributed by atoms with Crippen molar-refractivity contribution in [3.8, 4) is 5.75 Å². The van der Waals surface area contributed by atoms with Gasteiger partial charge in [-0.3, -0.25) is 0 Å². The topological polar surface area (TPSA) is 63.9 Å². The van der Waals surface area contributed by atoms with Gasteiger partial charge in [-0.25, -0.2) is 4.98 Å². The molecule has 3 rings (SSSR count). The lowest BCUT2D eigenvalue weighted by atomic mass is 10.1. The van der Waals surface area contributed by atoms with E-state index in [4.69, 9.17) is 10.5 Å². The number of rotatable bonds is 3. The summed E-state index contributed by atoms with van der Waals surface area (Å²) in [6.07, 6.45) is 0.698. The zero-order chi connectivity index (χ0) is 13.2. The average Bonchev–Trinajstić information content (AvgIpc) is 2.82. The molecule has 2 aromatic carbocycles. The second kappa shape index (κ2) is 4.65. The Balaban J connectivity index is 1.95. The normalized spacial score (nSPS) is 10.8. The zero-order valence-electron chi connectivity index (χ0n) is 10.7. The van der Waals surface area contributed by atoms with Crippen LogP contribution in [-0.2, 0) is 6.42 Å². The third kappa shape index (κ3) is 2.25. The van der Waals surface area contributed by atoms with Gasteiger partial charge in [-0.2, -0.15) is 0 Å². The van der Waals surface area contributed by atoms with Gasteiger partial charge in [0, 0.05) is 18.2 Å². The number of H-pyrrole nitrogens is 1. The number of para-hydroxylation sites is 1. The molecule has 0 fully saturated rings. The molecule has 1 aromatic heterocycles. The smallest absolute Gasteiger partial charge is 0.121 e. The van der Waals surface area contributed by atoms with Crippen molar-refractivity contribution < 1.29 is 4.74 Å². The number of nitrogens with one attached hydrogen (secondary N) is 1. The van der Waals surface area contributed by atoms with Gasteiger partial charge in [-0.1, -0.05) is 18.2 Å². The van der Waals surface area contributed by atoms with E-state index in [9.17, 15) is 0 Å². The van der Waals surface area contributed by atoms with Crippen LogP contribution in [0.25, 0.3) is 11.0 Å². The molecule has 0 aliphatic carbocycles. The van der Waals surface area contributed by atoms with Crippen LogP contribution >= 0.6 is 0 Å². The van der Waals surface area contributed by atoms with Crippen LogP contribution < -0.4 is 10.5 Å². The first-order chi connectivity index (χ1) is 9.26. The lowest BCUT2D eigenvalue weighted by Crippen LogP contribution is -1.96. The Bertz CT molecular complexity index is 718. The number of hydrogen-bond donors (Lipinski definition) is 2. The maximum absolute atomic E-state index is 5.95. The standard InChI is InChI=1S/C15H15N3O/c1-19-11-6-7-13-14(9-11)18-15(17-13)8-10-4-2-3-5-12(10)16/h2-7,9H,8,16H2,1H3,(H,17,18). The molecule has 4 heteroatoms. The minimum Gasteiger partial charge on any atom is -0.497 e. The van der Waals surface area contributed by atoms with E-state index in [-0.39, 0.29) is 0 Å². The van der Waals surface area contributed by atoms with E-state index in [1.807, 2.05) is 42.5 Å². The molecule has 1 heterocycles. The molecule has 19 heavy (non-hydrogen) atoms. The first kappa shape index (κ1) is 11.6. The fourth-order valence-corrected chi connectivity index (χ4v) is 2.13. The van der Waals surface area contributed by atoms with E-state index in [1.54, 1.807) is 7.11 Å². The number of benzene rings is 2. The Hall–Kier alpha value is -2.49. The maximum Gasteiger partial charge on any atom is 0.121 e. The summed E-state index contributed by atoms with van der Waals surface area (Å²) in [5.74, 6) is 1.73. The van der Waals surface area contributed by atoms with Crippen LogP contribution in [0.15, 0.2) is 42.5 Å². The van der Waals surface area contributed by atoms with E-state index >= 15 is 0 Å². The zero-order valence-corrected chi connectivity index (χ0v) is 10.7. The van der Waals surface area contributed by atoms with Crippen LogP contribution in [-0.4, -0.2) is 17.1 Å². The molecule has 0 unspecified atom stereocenters. The largest absolute Gasteiger partial charge is 0.497 e. The van der Waals surface area contributed by atoms with Gasteiger partial charge in [0.1, 0.15) is 11.6 Å². The van der Waals surface area contributed by atoms with Gasteiger partial charge in [0.25, 0.3) is 0 Å². The maximum atomic E-state index is 5.95. The van der Waals surface area contributed by atoms with Crippen molar-refractivity contribution in [1.29, 1.82) is 0 Å². The van der Waals surface area contributed by atoms with Crippen LogP contribution in [0.2, 0.25) is 0 Å². The van der Waals surface area contributed by atoms with Crippen LogP contribution in [0.3, 0.4) is 0 Å². The molecule has 0 amide bonds. The van der Waals surface area contributed by atoms with Crippen molar-refractivity contribution >= 4 is 16.7 Å². The van der Waals surface area contributed by atoms with Crippen molar-refractivity contribution in [3.05, 3.63) is 53.9 Å². The number of nitrogen functional groups attached to an aromatic ring is 1. The molecule has 96 valence electrons. The molecule has 0 bridgehead atoms. The Morgan fingerprint density at radius 2 is 2.05 bits per heavy atom. The predicted octanol–water partition coefficient (Wildman–Crippen LogP) is 2.74. The highest BCUT2D eigenvalue weighted by Gasteiger charge is 2.06. The lowest BCUT2D eigenvalue weighted by molar-refractivity contribution is 0.415. The number of imidazole rings is 1. The summed E-state index contributed by atoms with van der Waals surface area (Å²) >= 11 is 0. The highest BCUT2D eigenvalue weighted by atomic mass is 16.5. The molecule has 0 aliphatic heterocycles. The molecule has 0 saturated heterocycles. The van der Waals surface area contributed by atoms with Crippen molar-refractivity contribution in [1.82, 2.24) is 9.97 Å². The molecule has 3 aromatic rings. The van der Waals surface area contributed by atoms with Crippen LogP contribution in [0.5, 0.6) is 5.75 Å². The highest BCUT2D eigenvalue weighted by Crippen LogP contribution is 2.21. The van der Waals surface area contributed by atoms with Gasteiger partial charge < -0.3 is 15.5 Å². The van der Waals surface area contributed by atoms with Crippen molar-refractivity contribution in [3.63, 3.8) is 0 Å². The Kier molecular flexibility index (Phi) is 2.83. The number of hydrogen-bond acceptors (Lipinski definition) is 3. The third-order valence-corrected chi connectivity index (χ3v) is 3.15. The number of anilines is 1. The molecular formula is C15H15N3O. The number of aromatic amines is 1.